The van der Waals surface area contributed by atoms with E-state index in [-0.39, 0.29) is 48.2 Å². The van der Waals surface area contributed by atoms with Gasteiger partial charge in [-0.1, -0.05) is 91.0 Å². The van der Waals surface area contributed by atoms with Crippen molar-refractivity contribution < 1.29 is 75.5 Å². The van der Waals surface area contributed by atoms with Gasteiger partial charge in [0.05, 0.1) is 23.7 Å². The number of halogens is 6. The van der Waals surface area contributed by atoms with Crippen molar-refractivity contribution in [1.29, 1.82) is 0 Å². The van der Waals surface area contributed by atoms with Crippen LogP contribution < -0.4 is 26.4 Å². The maximum atomic E-state index is 13.2. The quantitative estimate of drug-likeness (QED) is 0.0401. The summed E-state index contributed by atoms with van der Waals surface area (Å²) < 4.78 is 69.3. The number of aromatic hydroxyl groups is 1. The van der Waals surface area contributed by atoms with Gasteiger partial charge in [0.1, 0.15) is 11.9 Å². The van der Waals surface area contributed by atoms with Gasteiger partial charge in [-0.25, -0.2) is 14.4 Å². The normalized spacial score (nSPS) is 13.6. The highest BCUT2D eigenvalue weighted by atomic mass is 19.4. The molecule has 3 amide bonds. The van der Waals surface area contributed by atoms with Gasteiger partial charge < -0.3 is 50.6 Å². The lowest BCUT2D eigenvalue weighted by atomic mass is 10.0. The highest BCUT2D eigenvalue weighted by Crippen LogP contribution is 2.30. The molecule has 2 atom stereocenters. The van der Waals surface area contributed by atoms with Gasteiger partial charge in [-0.15, -0.1) is 0 Å². The van der Waals surface area contributed by atoms with Gasteiger partial charge in [-0.05, 0) is 84.3 Å². The van der Waals surface area contributed by atoms with E-state index < -0.39 is 36.5 Å². The Balaban J connectivity index is 0.000000706. The number of H-pyrrole nitrogens is 1. The molecule has 17 nitrogen and oxygen atoms in total. The number of anilines is 2. The topological polar surface area (TPSA) is 251 Å². The number of aromatic nitrogens is 1. The van der Waals surface area contributed by atoms with Crippen molar-refractivity contribution >= 4 is 52.1 Å². The fourth-order valence-corrected chi connectivity index (χ4v) is 8.12. The summed E-state index contributed by atoms with van der Waals surface area (Å²) in [6.07, 6.45) is -9.05. The fraction of sp³-hybridized carbons (Fsp3) is 0.309. The number of hydrogen-bond donors (Lipinski definition) is 8. The lowest BCUT2D eigenvalue weighted by molar-refractivity contribution is -0.193. The van der Waals surface area contributed by atoms with Crippen molar-refractivity contribution in [2.24, 2.45) is 0 Å². The monoisotopic (exact) mass is 1090 g/mol. The number of carbonyl (C=O) groups is 5. The summed E-state index contributed by atoms with van der Waals surface area (Å²) >= 11 is 0. The molecule has 7 rings (SSSR count). The van der Waals surface area contributed by atoms with Crippen LogP contribution in [0.1, 0.15) is 54.5 Å². The van der Waals surface area contributed by atoms with Crippen molar-refractivity contribution in [2.75, 3.05) is 43.4 Å². The number of nitrogens with zero attached hydrogens (tertiary/aromatic N) is 2. The number of phenolic OH excluding ortho intramolecular Hbond substituents is 1. The van der Waals surface area contributed by atoms with E-state index in [0.717, 1.165) is 46.6 Å². The Morgan fingerprint density at radius 3 is 2.04 bits per heavy atom. The van der Waals surface area contributed by atoms with E-state index in [0.29, 0.717) is 60.9 Å². The molecule has 0 saturated carbocycles. The van der Waals surface area contributed by atoms with Gasteiger partial charge >= 0.3 is 30.4 Å². The summed E-state index contributed by atoms with van der Waals surface area (Å²) in [6, 6.07) is 39.2. The number of carboxylic acids is 2. The number of rotatable bonds is 17. The van der Waals surface area contributed by atoms with E-state index in [4.69, 9.17) is 24.5 Å². The minimum Gasteiger partial charge on any atom is -0.506 e. The average Bonchev–Trinajstić information content (AvgIpc) is 3.42. The molecule has 1 aliphatic rings. The van der Waals surface area contributed by atoms with E-state index in [2.05, 4.69) is 31.9 Å². The fourth-order valence-electron chi connectivity index (χ4n) is 8.12. The first-order valence-corrected chi connectivity index (χ1v) is 24.3. The number of fused-ring (bicyclic) bond motifs is 1. The van der Waals surface area contributed by atoms with Gasteiger partial charge in [-0.2, -0.15) is 26.3 Å². The number of likely N-dealkylation sites (tertiary alicyclic amines) is 1. The zero-order chi connectivity index (χ0) is 57.2. The number of amides is 3. The van der Waals surface area contributed by atoms with Crippen molar-refractivity contribution in [1.82, 2.24) is 20.5 Å². The van der Waals surface area contributed by atoms with Crippen LogP contribution in [0.3, 0.4) is 0 Å². The Kier molecular flexibility index (Phi) is 21.9. The van der Waals surface area contributed by atoms with E-state index in [1.165, 1.54) is 12.1 Å². The number of hydrogen-bond acceptors (Lipinski definition) is 11. The molecule has 78 heavy (non-hydrogen) atoms. The molecule has 8 N–H and O–H groups in total. The first-order valence-electron chi connectivity index (χ1n) is 24.3. The van der Waals surface area contributed by atoms with Crippen LogP contribution in [0, 0.1) is 0 Å². The van der Waals surface area contributed by atoms with Gasteiger partial charge in [0, 0.05) is 74.9 Å². The Hall–Kier alpha value is -8.28. The molecule has 2 heterocycles. The molecule has 416 valence electrons. The van der Waals surface area contributed by atoms with Gasteiger partial charge in [0.25, 0.3) is 0 Å². The van der Waals surface area contributed by atoms with Gasteiger partial charge in [-0.3, -0.25) is 19.7 Å². The number of aromatic amines is 1. The first kappa shape index (κ1) is 60.6. The molecular formula is C55H58F6N6O11. The number of piperidine rings is 1. The third-order valence-corrected chi connectivity index (χ3v) is 12.2. The summed E-state index contributed by atoms with van der Waals surface area (Å²) in [6.45, 7) is 4.76. The molecule has 1 aromatic heterocycles. The predicted molar refractivity (Wildman–Crippen MR) is 278 cm³/mol. The zero-order valence-electron chi connectivity index (χ0n) is 42.2. The molecule has 5 aromatic carbocycles. The Labute approximate surface area is 443 Å². The third kappa shape index (κ3) is 19.1. The molecule has 1 aliphatic heterocycles. The standard InChI is InChI=1S/C51H56N6O7.2C2HF3O2/c1-34(52-33-46(59)42-19-21-45(58)50-43(42)20-22-47(60)55-50)29-36-9-8-10-37(30-36)32-53-48(61)31-35-15-17-39(18-16-35)56(2)49(62)25-28-57-26-23-40(24-27-57)64-51(63)54-44-14-7-6-13-41(44)38-11-4-3-5-12-38;2*3-2(4,5)1(6)7/h3-22,30,34,40,46,52,58-59H,23-29,31-33H2,1-2H3,(H,53,61)(H,54,63)(H,55,60);2*(H,6,7)/t34-,46+;;/m1../s1. The number of aliphatic carboxylic acids is 2. The summed E-state index contributed by atoms with van der Waals surface area (Å²) in [7, 11) is 1.76. The highest BCUT2D eigenvalue weighted by Gasteiger charge is 2.39. The summed E-state index contributed by atoms with van der Waals surface area (Å²) in [5.41, 5.74) is 6.86. The van der Waals surface area contributed by atoms with Crippen LogP contribution in [0.5, 0.6) is 5.75 Å². The molecule has 0 unspecified atom stereocenters. The number of benzene rings is 5. The van der Waals surface area contributed by atoms with E-state index in [1.807, 2.05) is 104 Å². The highest BCUT2D eigenvalue weighted by molar-refractivity contribution is 5.93. The Morgan fingerprint density at radius 2 is 1.40 bits per heavy atom. The van der Waals surface area contributed by atoms with Crippen molar-refractivity contribution in [3.05, 3.63) is 160 Å². The predicted octanol–water partition coefficient (Wildman–Crippen LogP) is 8.35. The second-order valence-corrected chi connectivity index (χ2v) is 18.0. The van der Waals surface area contributed by atoms with Gasteiger partial charge in [0.15, 0.2) is 0 Å². The van der Waals surface area contributed by atoms with E-state index in [1.54, 1.807) is 24.1 Å². The zero-order valence-corrected chi connectivity index (χ0v) is 42.2. The number of phenols is 1. The second-order valence-electron chi connectivity index (χ2n) is 18.0. The number of alkyl halides is 6. The van der Waals surface area contributed by atoms with Crippen LogP contribution in [0.25, 0.3) is 22.0 Å². The van der Waals surface area contributed by atoms with Crippen molar-refractivity contribution in [3.8, 4) is 16.9 Å². The molecule has 0 aliphatic carbocycles. The molecule has 1 fully saturated rings. The number of pyridine rings is 1. The van der Waals surface area contributed by atoms with Crippen molar-refractivity contribution in [3.63, 3.8) is 0 Å². The van der Waals surface area contributed by atoms with Gasteiger partial charge in [0.2, 0.25) is 17.4 Å². The molecule has 23 heteroatoms. The summed E-state index contributed by atoms with van der Waals surface area (Å²) in [5.74, 6) is -5.68. The van der Waals surface area contributed by atoms with Crippen LogP contribution in [-0.2, 0) is 43.3 Å². The number of nitrogens with one attached hydrogen (secondary N) is 4. The van der Waals surface area contributed by atoms with Crippen LogP contribution >= 0.6 is 0 Å². The van der Waals surface area contributed by atoms with Crippen LogP contribution in [0.15, 0.2) is 132 Å². The Morgan fingerprint density at radius 1 is 0.782 bits per heavy atom. The molecular weight excluding hydrogens is 1030 g/mol. The maximum Gasteiger partial charge on any atom is 0.490 e. The summed E-state index contributed by atoms with van der Waals surface area (Å²) in [5, 5.41) is 45.3. The lowest BCUT2D eigenvalue weighted by Crippen LogP contribution is -2.40. The Bertz CT molecular complexity index is 3020. The third-order valence-electron chi connectivity index (χ3n) is 12.2. The second kappa shape index (κ2) is 28.2. The number of carboxylic acid groups (broad SMARTS) is 2. The SMILES string of the molecule is C[C@H](Cc1cccc(CNC(=O)Cc2ccc(N(C)C(=O)CCN3CCC(OC(=O)Nc4ccccc4-c4ccccc4)CC3)cc2)c1)NC[C@H](O)c1ccc(O)c2[nH]c(=O)ccc12.O=C(O)C(F)(F)F.O=C(O)C(F)(F)F. The van der Waals surface area contributed by atoms with Crippen LogP contribution in [-0.4, -0.2) is 118 Å². The molecule has 1 saturated heterocycles. The number of aliphatic hydroxyl groups is 1. The number of para-hydroxylation sites is 1. The van der Waals surface area contributed by atoms with E-state index >= 15 is 0 Å². The summed E-state index contributed by atoms with van der Waals surface area (Å²) in [4.78, 5) is 75.0. The molecule has 0 spiro atoms. The minimum absolute atomic E-state index is 0.00676. The molecule has 6 aromatic rings. The first-order chi connectivity index (χ1) is 36.9. The number of aliphatic hydroxyl groups excluding tert-OH is 1. The maximum absolute atomic E-state index is 13.2. The largest absolute Gasteiger partial charge is 0.506 e. The van der Waals surface area contributed by atoms with Crippen LogP contribution in [0.2, 0.25) is 0 Å². The number of ether oxygens (including phenoxy) is 1. The lowest BCUT2D eigenvalue weighted by Gasteiger charge is -2.31. The minimum atomic E-state index is -5.08. The molecule has 0 radical (unpaired) electrons. The smallest absolute Gasteiger partial charge is 0.490 e. The van der Waals surface area contributed by atoms with E-state index in [9.17, 15) is 55.7 Å². The van der Waals surface area contributed by atoms with Crippen molar-refractivity contribution in [2.45, 2.75) is 76.2 Å². The molecule has 0 bridgehead atoms. The number of carbonyl (C=O) groups excluding carboxylic acids is 3. The average molecular weight is 1090 g/mol. The van der Waals surface area contributed by atoms with Crippen LogP contribution in [0.4, 0.5) is 42.5 Å².